The van der Waals surface area contributed by atoms with Crippen molar-refractivity contribution in [3.05, 3.63) is 456 Å². The monoisotopic (exact) mass is 1750 g/mol. The predicted octanol–water partition coefficient (Wildman–Crippen LogP) is 30.3. The van der Waals surface area contributed by atoms with Gasteiger partial charge in [0.1, 0.15) is 28.2 Å². The van der Waals surface area contributed by atoms with Crippen LogP contribution in [-0.4, -0.2) is 0 Å². The van der Waals surface area contributed by atoms with E-state index in [1.165, 1.54) is 71.7 Å². The highest BCUT2D eigenvalue weighted by atomic mass is 14.9. The first-order chi connectivity index (χ1) is 70.4. The molecule has 0 fully saturated rings. The van der Waals surface area contributed by atoms with E-state index >= 15 is 0 Å². The largest absolute Gasteiger partial charge is 0.212 e. The van der Waals surface area contributed by atoms with Gasteiger partial charge in [-0.15, -0.1) is 23.7 Å². The Morgan fingerprint density at radius 2 is 0.496 bits per heavy atom. The van der Waals surface area contributed by atoms with E-state index in [1.54, 1.807) is 62.4 Å². The molecule has 0 N–H and O–H groups in total. The van der Waals surface area contributed by atoms with Crippen molar-refractivity contribution in [2.75, 3.05) is 0 Å². The number of fused-ring (bicyclic) bond motifs is 4. The molecule has 20 aromatic rings. The fourth-order valence-corrected chi connectivity index (χ4v) is 18.1. The zero-order valence-electron chi connectivity index (χ0n) is 89.8. The summed E-state index contributed by atoms with van der Waals surface area (Å²) in [4.78, 5) is 0. The van der Waals surface area contributed by atoms with E-state index in [0.717, 1.165) is 133 Å². The highest BCUT2D eigenvalue weighted by Crippen LogP contribution is 2.40. The Hall–Kier alpha value is -16.6. The molecule has 0 unspecified atom stereocenters. The molecule has 0 amide bonds. The van der Waals surface area contributed by atoms with E-state index in [2.05, 4.69) is 315 Å². The molecule has 0 saturated heterocycles. The van der Waals surface area contributed by atoms with Gasteiger partial charge in [0, 0.05) is 88.0 Å². The molecule has 650 valence electrons. The van der Waals surface area contributed by atoms with Crippen LogP contribution in [0.1, 0.15) is 105 Å². The summed E-state index contributed by atoms with van der Waals surface area (Å²) in [5, 5.41) is 7.71. The molecule has 0 saturated carbocycles. The van der Waals surface area contributed by atoms with Gasteiger partial charge >= 0.3 is 0 Å². The molecule has 4 nitrogen and oxygen atoms in total. The number of hydrogen-bond acceptors (Lipinski definition) is 0. The summed E-state index contributed by atoms with van der Waals surface area (Å²) in [5.74, 6) is 24.0. The first-order valence-corrected chi connectivity index (χ1v) is 45.2. The van der Waals surface area contributed by atoms with Crippen molar-refractivity contribution in [1.82, 2.24) is 0 Å². The summed E-state index contributed by atoms with van der Waals surface area (Å²) in [6.07, 6.45) is 14.7. The molecule has 0 aliphatic carbocycles. The molecule has 0 bridgehead atoms. The minimum absolute atomic E-state index is 0.228. The normalized spacial score (nSPS) is 12.4. The first kappa shape index (κ1) is 76.1. The van der Waals surface area contributed by atoms with Gasteiger partial charge in [0.05, 0.1) is 16.7 Å². The van der Waals surface area contributed by atoms with Crippen LogP contribution in [-0.2, 0) is 28.2 Å². The molecule has 0 atom stereocenters. The lowest BCUT2D eigenvalue weighted by Gasteiger charge is -2.13. The molecule has 0 aliphatic heterocycles. The average molecular weight is 1750 g/mol. The summed E-state index contributed by atoms with van der Waals surface area (Å²) >= 11 is 0. The Morgan fingerprint density at radius 3 is 0.948 bits per heavy atom. The van der Waals surface area contributed by atoms with Crippen LogP contribution in [0.2, 0.25) is 0 Å². The standard InChI is InChI=1S/C34H30N.C33H28N.2C32H26N/c1-6-9-26-12-23(2)13-28(18-26)29-14-24(3)15-30(19-29)31-16-25(4)17-32(20-31)34-22-35(5)21-27-10-7-8-11-33(27)34;1-5-8-25-9-6-10-26(18-25)30-15-24(3)16-31(20-30)27-11-7-12-28(19-27)33-22-34(4)21-29-14-13-23(2)17-32(29)33;1-4-8-24-9-5-10-25(18-24)26-11-6-12-27(19-26)28-13-7-14-29(20-28)31-21-30-17-23(2)15-16-32(30)33(3)22-31;1-4-9-24-16-23(2)17-30(18-24)27-13-7-11-25(19-27)26-12-8-14-28(20-26)32-22-33(3)21-29-10-5-6-15-31(29)32/h7-8,10-22H,1-5H3;6-7,9-22H,1-4H3;5-7,9-22H,1-3H3;5-8,10-22H,1-3H3/q4*+1/i2D3,4D3;2D3;;2D3. The smallest absolute Gasteiger partial charge is 0.207 e. The van der Waals surface area contributed by atoms with Crippen molar-refractivity contribution in [3.63, 3.8) is 0 Å². The Bertz CT molecular complexity index is 8790. The summed E-state index contributed by atoms with van der Waals surface area (Å²) in [6, 6.07) is 119. The summed E-state index contributed by atoms with van der Waals surface area (Å²) in [6.45, 7) is 4.52. The van der Waals surface area contributed by atoms with E-state index in [9.17, 15) is 0 Å². The first-order valence-electron chi connectivity index (χ1n) is 51.2. The SMILES string of the molecule is CC#Cc1cccc(-c2cccc(-c3cccc(-c4cc5cc(C)ccc5[n+](C)c4)c3)c2)c1.[2H]C([2H])([2H])c1cc(C#CC)cc(-c2cc(C)cc(-c3cc(-c4c[n+](C)cc5ccccc45)cc(C([2H])([2H])[2H])c3)c2)c1.[2H]C([2H])([2H])c1cc(C#CC)cc(-c2cccc(-c3cccc(-c4c[n+](C)cc5ccccc45)c3)c2)c1.[2H]C([2H])([2H])c1ccc2c[n+](C)cc(-c3cccc(-c4cc(C)cc(-c5cccc(C#CC)c5)c4)c3)c2c1. The zero-order chi connectivity index (χ0) is 104. The number of pyridine rings is 4. The zero-order valence-corrected chi connectivity index (χ0v) is 77.8. The van der Waals surface area contributed by atoms with E-state index < -0.39 is 27.4 Å². The van der Waals surface area contributed by atoms with Crippen LogP contribution >= 0.6 is 0 Å². The van der Waals surface area contributed by atoms with Crippen LogP contribution in [0.4, 0.5) is 0 Å². The van der Waals surface area contributed by atoms with Crippen LogP contribution in [0.25, 0.3) is 177 Å². The minimum atomic E-state index is -2.30. The second-order valence-electron chi connectivity index (χ2n) is 34.5. The average Bonchev–Trinajstić information content (AvgIpc) is 0.773. The van der Waals surface area contributed by atoms with Gasteiger partial charge in [-0.05, 0) is 342 Å². The van der Waals surface area contributed by atoms with Gasteiger partial charge in [-0.1, -0.05) is 253 Å². The van der Waals surface area contributed by atoms with Crippen molar-refractivity contribution in [2.45, 2.75) is 75.9 Å². The third kappa shape index (κ3) is 21.5. The maximum atomic E-state index is 8.22. The number of rotatable bonds is 12. The minimum Gasteiger partial charge on any atom is -0.207 e. The van der Waals surface area contributed by atoms with Crippen molar-refractivity contribution in [1.29, 1.82) is 0 Å². The van der Waals surface area contributed by atoms with E-state index in [-0.39, 0.29) is 11.1 Å². The molecule has 16 aromatic carbocycles. The number of benzene rings is 16. The van der Waals surface area contributed by atoms with Crippen molar-refractivity contribution >= 4 is 43.2 Å². The van der Waals surface area contributed by atoms with Crippen molar-refractivity contribution in [3.8, 4) is 181 Å². The Morgan fingerprint density at radius 1 is 0.193 bits per heavy atom. The fourth-order valence-electron chi connectivity index (χ4n) is 18.1. The van der Waals surface area contributed by atoms with Gasteiger partial charge in [-0.3, -0.25) is 0 Å². The third-order valence-corrected chi connectivity index (χ3v) is 24.1. The Labute approximate surface area is 814 Å². The molecule has 0 aliphatic rings. The van der Waals surface area contributed by atoms with Gasteiger partial charge in [-0.2, -0.15) is 0 Å². The van der Waals surface area contributed by atoms with E-state index in [1.807, 2.05) is 161 Å². The van der Waals surface area contributed by atoms with Crippen molar-refractivity contribution < 1.29 is 34.7 Å². The number of aryl methyl sites for hydroxylation is 11. The van der Waals surface area contributed by atoms with Crippen LogP contribution in [0, 0.1) is 95.5 Å². The van der Waals surface area contributed by atoms with Crippen LogP contribution in [0.5, 0.6) is 0 Å². The van der Waals surface area contributed by atoms with Crippen LogP contribution in [0.15, 0.2) is 395 Å². The highest BCUT2D eigenvalue weighted by Gasteiger charge is 2.20. The maximum Gasteiger partial charge on any atom is 0.212 e. The quantitative estimate of drug-likeness (QED) is 0.0856. The summed E-state index contributed by atoms with van der Waals surface area (Å²) < 4.78 is 104. The third-order valence-electron chi connectivity index (χ3n) is 24.1. The van der Waals surface area contributed by atoms with Gasteiger partial charge in [0.2, 0.25) is 5.52 Å². The molecule has 4 aromatic heterocycles. The maximum absolute atomic E-state index is 8.22. The fraction of sp³-hybridized carbons (Fsp3) is 0.115. The topological polar surface area (TPSA) is 15.5 Å². The molecular formula is C131H110N4+4. The predicted molar refractivity (Wildman–Crippen MR) is 569 cm³/mol. The summed E-state index contributed by atoms with van der Waals surface area (Å²) in [5.41, 5.74) is 34.3. The van der Waals surface area contributed by atoms with Crippen LogP contribution < -0.4 is 18.3 Å². The molecule has 135 heavy (non-hydrogen) atoms. The number of nitrogens with zero attached hydrogens (tertiary/aromatic N) is 4. The molecule has 20 rings (SSSR count). The highest BCUT2D eigenvalue weighted by molar-refractivity contribution is 5.99. The molecule has 0 spiro atoms. The second-order valence-corrected chi connectivity index (χ2v) is 34.5. The lowest BCUT2D eigenvalue weighted by Crippen LogP contribution is -2.28. The van der Waals surface area contributed by atoms with Gasteiger partial charge in [-0.25, -0.2) is 18.3 Å². The summed E-state index contributed by atoms with van der Waals surface area (Å²) in [7, 11) is 8.12. The Kier molecular flexibility index (Phi) is 23.0. The lowest BCUT2D eigenvalue weighted by molar-refractivity contribution is -0.669. The molecule has 0 radical (unpaired) electrons. The van der Waals surface area contributed by atoms with E-state index in [0.29, 0.717) is 22.3 Å². The molecular weight excluding hydrogens is 1630 g/mol. The van der Waals surface area contributed by atoms with E-state index in [4.69, 9.17) is 16.4 Å². The lowest BCUT2D eigenvalue weighted by atomic mass is 9.91. The van der Waals surface area contributed by atoms with Gasteiger partial charge in [0.25, 0.3) is 0 Å². The number of aromatic nitrogens is 4. The second kappa shape index (κ2) is 40.8. The molecule has 4 heteroatoms. The molecule has 4 heterocycles. The van der Waals surface area contributed by atoms with Crippen molar-refractivity contribution in [2.24, 2.45) is 28.2 Å². The van der Waals surface area contributed by atoms with Gasteiger partial charge < -0.3 is 0 Å². The van der Waals surface area contributed by atoms with Gasteiger partial charge in [0.15, 0.2) is 43.4 Å². The Balaban J connectivity index is 0.000000134. The van der Waals surface area contributed by atoms with Crippen LogP contribution in [0.3, 0.4) is 0 Å². The number of hydrogen-bond donors (Lipinski definition) is 0.